The number of aryl methyl sites for hydroxylation is 2. The summed E-state index contributed by atoms with van der Waals surface area (Å²) < 4.78 is 27.5. The third kappa shape index (κ3) is 5.92. The Morgan fingerprint density at radius 3 is 2.00 bits per heavy atom. The van der Waals surface area contributed by atoms with Gasteiger partial charge in [-0.3, -0.25) is 13.9 Å². The maximum atomic E-state index is 14.5. The number of hydrogen-bond acceptors (Lipinski definition) is 6. The van der Waals surface area contributed by atoms with E-state index < -0.39 is 0 Å². The molecule has 44 heavy (non-hydrogen) atoms. The zero-order chi connectivity index (χ0) is 31.5. The summed E-state index contributed by atoms with van der Waals surface area (Å²) in [5.74, 6) is 2.63. The van der Waals surface area contributed by atoms with Gasteiger partial charge in [-0.15, -0.1) is 0 Å². The fraction of sp³-hybridized carbons (Fsp3) is 0.412. The quantitative estimate of drug-likeness (QED) is 0.189. The number of amides is 1. The van der Waals surface area contributed by atoms with Crippen molar-refractivity contribution >= 4 is 32.9 Å². The van der Waals surface area contributed by atoms with Gasteiger partial charge in [-0.2, -0.15) is 0 Å². The molecular weight excluding hydrogens is 626 g/mol. The van der Waals surface area contributed by atoms with Crippen LogP contribution in [0.15, 0.2) is 51.7 Å². The predicted molar refractivity (Wildman–Crippen MR) is 175 cm³/mol. The molecule has 0 radical (unpaired) electrons. The van der Waals surface area contributed by atoms with E-state index in [4.69, 9.17) is 18.9 Å². The van der Waals surface area contributed by atoms with Crippen molar-refractivity contribution in [3.63, 3.8) is 0 Å². The van der Waals surface area contributed by atoms with Crippen molar-refractivity contribution in [1.82, 2.24) is 14.0 Å². The van der Waals surface area contributed by atoms with Crippen molar-refractivity contribution in [2.24, 2.45) is 14.1 Å². The highest BCUT2D eigenvalue weighted by Gasteiger charge is 2.34. The molecule has 10 heteroatoms. The highest BCUT2D eigenvalue weighted by molar-refractivity contribution is 9.10. The number of hydrogen-bond donors (Lipinski definition) is 0. The lowest BCUT2D eigenvalue weighted by Gasteiger charge is -2.38. The number of ether oxygens (including phenoxy) is 4. The van der Waals surface area contributed by atoms with Crippen LogP contribution >= 0.6 is 15.9 Å². The van der Waals surface area contributed by atoms with E-state index in [1.807, 2.05) is 69.0 Å². The van der Waals surface area contributed by atoms with E-state index in [2.05, 4.69) is 22.0 Å². The number of rotatable bonds is 11. The fourth-order valence-corrected chi connectivity index (χ4v) is 6.49. The Hall–Kier alpha value is -3.92. The standard InChI is InChI=1S/C34H40BrN3O6/c1-7-41-29-12-11-21(16-30(29)42-8-2)15-26-23-19-32(44-10-4)31(43-9-3)17-22(23)13-14-38(26)33(39)24-18-27-28(20-25(24)35)37(6)34(40)36(27)5/h11-12,16-20,26H,7-10,13-15H2,1-6H3. The molecule has 1 aromatic heterocycles. The average Bonchev–Trinajstić information content (AvgIpc) is 3.21. The van der Waals surface area contributed by atoms with Gasteiger partial charge >= 0.3 is 5.69 Å². The first-order valence-electron chi connectivity index (χ1n) is 15.2. The van der Waals surface area contributed by atoms with Crippen molar-refractivity contribution in [1.29, 1.82) is 0 Å². The SMILES string of the molecule is CCOc1ccc(CC2c3cc(OCC)c(OCC)cc3CCN2C(=O)c2cc3c(cc2Br)n(C)c(=O)n3C)cc1OCC. The van der Waals surface area contributed by atoms with E-state index in [1.165, 1.54) is 0 Å². The van der Waals surface area contributed by atoms with Crippen molar-refractivity contribution in [2.75, 3.05) is 33.0 Å². The van der Waals surface area contributed by atoms with Crippen molar-refractivity contribution in [3.05, 3.63) is 79.7 Å². The minimum Gasteiger partial charge on any atom is -0.490 e. The summed E-state index contributed by atoms with van der Waals surface area (Å²) in [5, 5.41) is 0. The van der Waals surface area contributed by atoms with E-state index >= 15 is 0 Å². The molecule has 1 unspecified atom stereocenters. The molecule has 1 aliphatic rings. The molecule has 9 nitrogen and oxygen atoms in total. The number of aromatic nitrogens is 2. The smallest absolute Gasteiger partial charge is 0.328 e. The van der Waals surface area contributed by atoms with Crippen LogP contribution in [-0.4, -0.2) is 52.9 Å². The second kappa shape index (κ2) is 13.4. The summed E-state index contributed by atoms with van der Waals surface area (Å²) in [4.78, 5) is 29.0. The van der Waals surface area contributed by atoms with Crippen LogP contribution < -0.4 is 24.6 Å². The van der Waals surface area contributed by atoms with Gasteiger partial charge in [0.25, 0.3) is 5.91 Å². The Morgan fingerprint density at radius 2 is 1.36 bits per heavy atom. The lowest BCUT2D eigenvalue weighted by molar-refractivity contribution is 0.0658. The van der Waals surface area contributed by atoms with E-state index in [0.717, 1.165) is 22.2 Å². The van der Waals surface area contributed by atoms with Gasteiger partial charge in [0.1, 0.15) is 0 Å². The van der Waals surface area contributed by atoms with Crippen LogP contribution in [0.5, 0.6) is 23.0 Å². The maximum Gasteiger partial charge on any atom is 0.328 e. The zero-order valence-electron chi connectivity index (χ0n) is 26.2. The minimum atomic E-state index is -0.296. The Kier molecular flexibility index (Phi) is 9.58. The molecule has 234 valence electrons. The lowest BCUT2D eigenvalue weighted by atomic mass is 9.87. The monoisotopic (exact) mass is 665 g/mol. The Morgan fingerprint density at radius 1 is 0.795 bits per heavy atom. The zero-order valence-corrected chi connectivity index (χ0v) is 27.8. The predicted octanol–water partition coefficient (Wildman–Crippen LogP) is 6.22. The van der Waals surface area contributed by atoms with Gasteiger partial charge in [0.2, 0.25) is 0 Å². The Bertz CT molecular complexity index is 1740. The number of nitrogens with zero attached hydrogens (tertiary/aromatic N) is 3. The molecule has 0 aliphatic carbocycles. The summed E-state index contributed by atoms with van der Waals surface area (Å²) in [6.45, 7) is 10.4. The number of carbonyl (C=O) groups is 1. The minimum absolute atomic E-state index is 0.117. The van der Waals surface area contributed by atoms with E-state index in [1.54, 1.807) is 23.2 Å². The number of halogens is 1. The molecule has 2 heterocycles. The van der Waals surface area contributed by atoms with Gasteiger partial charge in [-0.1, -0.05) is 6.07 Å². The highest BCUT2D eigenvalue weighted by Crippen LogP contribution is 2.42. The summed E-state index contributed by atoms with van der Waals surface area (Å²) in [7, 11) is 3.45. The molecule has 1 atom stereocenters. The molecule has 0 N–H and O–H groups in total. The van der Waals surface area contributed by atoms with E-state index in [-0.39, 0.29) is 17.6 Å². The first kappa shape index (κ1) is 31.5. The molecule has 4 aromatic rings. The van der Waals surface area contributed by atoms with Gasteiger partial charge in [0, 0.05) is 25.1 Å². The summed E-state index contributed by atoms with van der Waals surface area (Å²) in [6, 6.07) is 13.4. The number of imidazole rings is 1. The number of benzene rings is 3. The molecular formula is C34H40BrN3O6. The fourth-order valence-electron chi connectivity index (χ4n) is 5.99. The Balaban J connectivity index is 1.62. The molecule has 1 amide bonds. The van der Waals surface area contributed by atoms with Crippen LogP contribution in [0.4, 0.5) is 0 Å². The van der Waals surface area contributed by atoms with Crippen LogP contribution in [-0.2, 0) is 26.9 Å². The van der Waals surface area contributed by atoms with Crippen LogP contribution in [0.1, 0.15) is 60.8 Å². The van der Waals surface area contributed by atoms with Crippen LogP contribution in [0.3, 0.4) is 0 Å². The van der Waals surface area contributed by atoms with Gasteiger partial charge in [0.15, 0.2) is 23.0 Å². The highest BCUT2D eigenvalue weighted by atomic mass is 79.9. The molecule has 0 saturated heterocycles. The van der Waals surface area contributed by atoms with Gasteiger partial charge in [0.05, 0.1) is 49.1 Å². The molecule has 5 rings (SSSR count). The molecule has 0 saturated carbocycles. The first-order chi connectivity index (χ1) is 21.2. The van der Waals surface area contributed by atoms with Gasteiger partial charge in [-0.25, -0.2) is 4.79 Å². The second-order valence-corrected chi connectivity index (χ2v) is 11.6. The van der Waals surface area contributed by atoms with Crippen molar-refractivity contribution in [3.8, 4) is 23.0 Å². The third-order valence-corrected chi connectivity index (χ3v) is 8.71. The van der Waals surface area contributed by atoms with Crippen LogP contribution in [0.25, 0.3) is 11.0 Å². The largest absolute Gasteiger partial charge is 0.490 e. The number of fused-ring (bicyclic) bond motifs is 2. The summed E-state index contributed by atoms with van der Waals surface area (Å²) >= 11 is 3.64. The molecule has 0 fully saturated rings. The van der Waals surface area contributed by atoms with Crippen LogP contribution in [0, 0.1) is 0 Å². The topological polar surface area (TPSA) is 84.2 Å². The van der Waals surface area contributed by atoms with Gasteiger partial charge < -0.3 is 23.8 Å². The second-order valence-electron chi connectivity index (χ2n) is 10.7. The summed E-state index contributed by atoms with van der Waals surface area (Å²) in [6.07, 6.45) is 1.22. The molecule has 0 bridgehead atoms. The number of carbonyl (C=O) groups excluding carboxylic acids is 1. The van der Waals surface area contributed by atoms with E-state index in [0.29, 0.717) is 84.4 Å². The van der Waals surface area contributed by atoms with E-state index in [9.17, 15) is 9.59 Å². The van der Waals surface area contributed by atoms with Crippen molar-refractivity contribution in [2.45, 2.75) is 46.6 Å². The first-order valence-corrected chi connectivity index (χ1v) is 16.0. The maximum absolute atomic E-state index is 14.5. The Labute approximate surface area is 266 Å². The normalized spacial score (nSPS) is 14.4. The van der Waals surface area contributed by atoms with Crippen LogP contribution in [0.2, 0.25) is 0 Å². The third-order valence-electron chi connectivity index (χ3n) is 8.05. The molecule has 3 aromatic carbocycles. The van der Waals surface area contributed by atoms with Gasteiger partial charge in [-0.05, 0) is 110 Å². The summed E-state index contributed by atoms with van der Waals surface area (Å²) in [5.41, 5.74) is 4.98. The molecule has 0 spiro atoms. The molecule has 1 aliphatic heterocycles. The average molecular weight is 667 g/mol. The van der Waals surface area contributed by atoms with Crippen molar-refractivity contribution < 1.29 is 23.7 Å². The lowest BCUT2D eigenvalue weighted by Crippen LogP contribution is -2.41.